The lowest BCUT2D eigenvalue weighted by Crippen LogP contribution is -2.62. The third-order valence-electron chi connectivity index (χ3n) is 21.0. The molecule has 3 atom stereocenters. The Balaban J connectivity index is 1.30. The number of anilines is 5. The van der Waals surface area contributed by atoms with Gasteiger partial charge in [0.1, 0.15) is 5.76 Å². The summed E-state index contributed by atoms with van der Waals surface area (Å²) in [6.07, 6.45) is 13.7. The minimum Gasteiger partial charge on any atom is -0.472 e. The predicted octanol–water partition coefficient (Wildman–Crippen LogP) is 16.4. The van der Waals surface area contributed by atoms with Crippen molar-refractivity contribution in [2.24, 2.45) is 28.6 Å². The maximum Gasteiger partial charge on any atom is 0.297 e. The quantitative estimate of drug-likeness (QED) is 0.165. The third-order valence-corrected chi connectivity index (χ3v) is 21.0. The number of furan rings is 1. The van der Waals surface area contributed by atoms with Crippen molar-refractivity contribution in [3.05, 3.63) is 93.4 Å². The average molecular weight is 925 g/mol. The average Bonchev–Trinajstić information content (AvgIpc) is 3.67. The fourth-order valence-corrected chi connectivity index (χ4v) is 15.5. The van der Waals surface area contributed by atoms with E-state index in [1.54, 1.807) is 0 Å². The van der Waals surface area contributed by atoms with Gasteiger partial charge >= 0.3 is 0 Å². The van der Waals surface area contributed by atoms with E-state index in [0.717, 1.165) is 18.5 Å². The lowest BCUT2D eigenvalue weighted by atomic mass is 9.34. The van der Waals surface area contributed by atoms with Gasteiger partial charge in [-0.15, -0.1) is 0 Å². The molecule has 2 aliphatic heterocycles. The van der Waals surface area contributed by atoms with Crippen molar-refractivity contribution in [3.63, 3.8) is 0 Å². The molecule has 3 heterocycles. The summed E-state index contributed by atoms with van der Waals surface area (Å²) in [6.45, 7) is 50.1. The number of benzene rings is 3. The molecule has 1 aromatic heterocycles. The standard InChI is InChI=1S/C65H89BN2O/c1-38-31-42-45(62(13,14)27-25-59(42,7)8)36-48(38)68-49-37-46-44(61(11,12)26-28-63(46,15)16)35-47(49)66-53-50(32-39(33-51(53)68)57(2,3)4)67(40-21-22-41-43(34-40)60(9,10)24-23-58(41,5)6)54-52-55(69-56(54)66)65(19,20)30-29-64(52,17)18/h21-22,32-38,42,45H,23-31H2,1-20H3. The molecule has 69 heavy (non-hydrogen) atoms. The van der Waals surface area contributed by atoms with Gasteiger partial charge in [0.15, 0.2) is 0 Å². The van der Waals surface area contributed by atoms with Crippen molar-refractivity contribution in [2.75, 3.05) is 9.80 Å². The summed E-state index contributed by atoms with van der Waals surface area (Å²) in [4.78, 5) is 5.63. The van der Waals surface area contributed by atoms with Crippen molar-refractivity contribution in [1.82, 2.24) is 0 Å². The van der Waals surface area contributed by atoms with Crippen LogP contribution in [0.25, 0.3) is 0 Å². The molecule has 11 rings (SSSR count). The molecule has 0 radical (unpaired) electrons. The first-order chi connectivity index (χ1) is 31.7. The normalized spacial score (nSPS) is 27.7. The zero-order valence-electron chi connectivity index (χ0n) is 47.1. The van der Waals surface area contributed by atoms with E-state index in [1.807, 2.05) is 0 Å². The van der Waals surface area contributed by atoms with E-state index < -0.39 is 0 Å². The largest absolute Gasteiger partial charge is 0.472 e. The number of nitrogens with zero attached hydrogens (tertiary/aromatic N) is 2. The minimum atomic E-state index is -0.0911. The van der Waals surface area contributed by atoms with E-state index in [2.05, 4.69) is 197 Å². The van der Waals surface area contributed by atoms with Crippen molar-refractivity contribution >= 4 is 51.7 Å². The van der Waals surface area contributed by atoms with E-state index >= 15 is 0 Å². The summed E-state index contributed by atoms with van der Waals surface area (Å²) >= 11 is 0. The Morgan fingerprint density at radius 2 is 1.07 bits per heavy atom. The van der Waals surface area contributed by atoms with Crippen molar-refractivity contribution < 1.29 is 4.42 Å². The first-order valence-electron chi connectivity index (χ1n) is 27.7. The van der Waals surface area contributed by atoms with Gasteiger partial charge in [-0.2, -0.15) is 0 Å². The smallest absolute Gasteiger partial charge is 0.297 e. The summed E-state index contributed by atoms with van der Waals surface area (Å²) in [5.74, 6) is 2.78. The van der Waals surface area contributed by atoms with Gasteiger partial charge in [0, 0.05) is 39.4 Å². The summed E-state index contributed by atoms with van der Waals surface area (Å²) in [5.41, 5.74) is 21.8. The van der Waals surface area contributed by atoms with Gasteiger partial charge in [-0.3, -0.25) is 0 Å². The number of hydrogen-bond donors (Lipinski definition) is 0. The van der Waals surface area contributed by atoms with Crippen molar-refractivity contribution in [3.8, 4) is 0 Å². The Morgan fingerprint density at radius 1 is 0.551 bits per heavy atom. The SMILES string of the molecule is CC1CC2C(C=C1N1c3cc4c(cc3B3c5oc6c(c5N(c5ccc7c(c5)C(C)(C)CCC7(C)C)c5cc(C(C)(C)C)cc1c53)C(C)(C)CCC6(C)C)C(C)(C)CCC4(C)C)C(C)(C)CCC2(C)C. The first kappa shape index (κ1) is 47.7. The second-order valence-corrected chi connectivity index (χ2v) is 30.6. The highest BCUT2D eigenvalue weighted by Crippen LogP contribution is 2.61. The molecule has 0 amide bonds. The molecular formula is C65H89BN2O. The molecule has 5 aliphatic carbocycles. The van der Waals surface area contributed by atoms with Crippen LogP contribution in [0.1, 0.15) is 235 Å². The fraction of sp³-hybridized carbons (Fsp3) is 0.631. The van der Waals surface area contributed by atoms with Gasteiger partial charge in [-0.25, -0.2) is 0 Å². The van der Waals surface area contributed by atoms with Crippen LogP contribution >= 0.6 is 0 Å². The maximum absolute atomic E-state index is 7.91. The third kappa shape index (κ3) is 6.83. The van der Waals surface area contributed by atoms with E-state index in [0.29, 0.717) is 23.2 Å². The second kappa shape index (κ2) is 14.3. The van der Waals surface area contributed by atoms with Crippen LogP contribution in [0, 0.1) is 28.6 Å². The molecule has 0 spiro atoms. The van der Waals surface area contributed by atoms with E-state index in [-0.39, 0.29) is 50.0 Å². The molecule has 3 nitrogen and oxygen atoms in total. The maximum atomic E-state index is 7.91. The Bertz CT molecular complexity index is 2860. The topological polar surface area (TPSA) is 19.6 Å². The molecule has 0 bridgehead atoms. The predicted molar refractivity (Wildman–Crippen MR) is 297 cm³/mol. The molecule has 0 N–H and O–H groups in total. The molecular weight excluding hydrogens is 836 g/mol. The van der Waals surface area contributed by atoms with Crippen LogP contribution in [0.15, 0.2) is 58.7 Å². The summed E-state index contributed by atoms with van der Waals surface area (Å²) in [7, 11) is 0. The molecule has 1 saturated carbocycles. The monoisotopic (exact) mass is 925 g/mol. The Morgan fingerprint density at radius 3 is 1.68 bits per heavy atom. The van der Waals surface area contributed by atoms with Crippen LogP contribution < -0.4 is 26.4 Å². The van der Waals surface area contributed by atoms with Crippen LogP contribution in [0.5, 0.6) is 0 Å². The first-order valence-corrected chi connectivity index (χ1v) is 27.7. The molecule has 3 unspecified atom stereocenters. The zero-order chi connectivity index (χ0) is 49.9. The van der Waals surface area contributed by atoms with Crippen molar-refractivity contribution in [2.45, 2.75) is 234 Å². The molecule has 3 aromatic carbocycles. The second-order valence-electron chi connectivity index (χ2n) is 30.6. The van der Waals surface area contributed by atoms with Crippen LogP contribution in [0.3, 0.4) is 0 Å². The van der Waals surface area contributed by atoms with Gasteiger partial charge in [-0.05, 0) is 188 Å². The molecule has 7 aliphatic rings. The van der Waals surface area contributed by atoms with E-state index in [1.165, 1.54) is 129 Å². The lowest BCUT2D eigenvalue weighted by molar-refractivity contribution is -0.0107. The Kier molecular flexibility index (Phi) is 9.88. The zero-order valence-corrected chi connectivity index (χ0v) is 47.1. The molecule has 1 fully saturated rings. The number of hydrogen-bond acceptors (Lipinski definition) is 3. The van der Waals surface area contributed by atoms with Gasteiger partial charge < -0.3 is 14.2 Å². The van der Waals surface area contributed by atoms with Gasteiger partial charge in [0.2, 0.25) is 0 Å². The van der Waals surface area contributed by atoms with E-state index in [4.69, 9.17) is 4.42 Å². The van der Waals surface area contributed by atoms with Crippen LogP contribution in [0.2, 0.25) is 0 Å². The summed E-state index contributed by atoms with van der Waals surface area (Å²) < 4.78 is 7.91. The number of fused-ring (bicyclic) bond motifs is 9. The molecule has 368 valence electrons. The highest BCUT2D eigenvalue weighted by atomic mass is 16.3. The highest BCUT2D eigenvalue weighted by Gasteiger charge is 2.56. The highest BCUT2D eigenvalue weighted by molar-refractivity contribution is 6.99. The van der Waals surface area contributed by atoms with Crippen LogP contribution in [-0.2, 0) is 37.9 Å². The number of rotatable bonds is 2. The molecule has 0 saturated heterocycles. The van der Waals surface area contributed by atoms with Crippen LogP contribution in [-0.4, -0.2) is 6.71 Å². The Labute approximate surface area is 420 Å². The van der Waals surface area contributed by atoms with Crippen LogP contribution in [0.4, 0.5) is 28.4 Å². The fourth-order valence-electron chi connectivity index (χ4n) is 15.5. The summed E-state index contributed by atoms with van der Waals surface area (Å²) in [5, 5.41) is 0. The molecule has 4 heteroatoms. The Hall–Kier alpha value is -3.66. The van der Waals surface area contributed by atoms with E-state index in [9.17, 15) is 0 Å². The van der Waals surface area contributed by atoms with Gasteiger partial charge in [0.05, 0.1) is 11.3 Å². The lowest BCUT2D eigenvalue weighted by Gasteiger charge is -2.56. The summed E-state index contributed by atoms with van der Waals surface area (Å²) in [6, 6.07) is 18.4. The van der Waals surface area contributed by atoms with Crippen molar-refractivity contribution in [1.29, 1.82) is 0 Å². The van der Waals surface area contributed by atoms with Gasteiger partial charge in [-0.1, -0.05) is 157 Å². The molecule has 4 aromatic rings. The van der Waals surface area contributed by atoms with Gasteiger partial charge in [0.25, 0.3) is 6.71 Å². The number of allylic oxidation sites excluding steroid dienone is 2. The minimum absolute atomic E-state index is 0.0461.